The fraction of sp³-hybridized carbons (Fsp3) is 0.125. The van der Waals surface area contributed by atoms with Gasteiger partial charge in [-0.05, 0) is 30.2 Å². The third-order valence-electron chi connectivity index (χ3n) is 3.24. The molecular formula is C16H16N4. The lowest BCUT2D eigenvalue weighted by Crippen LogP contribution is -2.11. The molecule has 2 heterocycles. The molecule has 2 aromatic heterocycles. The van der Waals surface area contributed by atoms with Crippen LogP contribution in [-0.2, 0) is 0 Å². The molecule has 0 aliphatic carbocycles. The number of rotatable bonds is 3. The second kappa shape index (κ2) is 5.27. The second-order valence-electron chi connectivity index (χ2n) is 4.83. The maximum absolute atomic E-state index is 6.28. The summed E-state index contributed by atoms with van der Waals surface area (Å²) in [5.74, 6) is 0. The van der Waals surface area contributed by atoms with Crippen molar-refractivity contribution >= 4 is 0 Å². The summed E-state index contributed by atoms with van der Waals surface area (Å²) >= 11 is 0. The summed E-state index contributed by atoms with van der Waals surface area (Å²) in [7, 11) is 0. The average Bonchev–Trinajstić information content (AvgIpc) is 2.97. The molecule has 0 saturated heterocycles. The van der Waals surface area contributed by atoms with Crippen LogP contribution in [-0.4, -0.2) is 14.8 Å². The molecule has 2 N–H and O–H groups in total. The minimum Gasteiger partial charge on any atom is -0.320 e. The van der Waals surface area contributed by atoms with Gasteiger partial charge in [-0.2, -0.15) is 5.10 Å². The van der Waals surface area contributed by atoms with E-state index in [9.17, 15) is 0 Å². The van der Waals surface area contributed by atoms with Crippen LogP contribution >= 0.6 is 0 Å². The topological polar surface area (TPSA) is 56.7 Å². The van der Waals surface area contributed by atoms with E-state index in [0.717, 1.165) is 22.4 Å². The van der Waals surface area contributed by atoms with Gasteiger partial charge in [-0.15, -0.1) is 0 Å². The standard InChI is InChI=1S/C16H16N4/c1-12-7-13(9-18-8-12)16(17)14-10-19-20(11-14)15-5-3-2-4-6-15/h2-11,16H,17H2,1H3. The van der Waals surface area contributed by atoms with Gasteiger partial charge in [-0.1, -0.05) is 24.3 Å². The van der Waals surface area contributed by atoms with Crippen LogP contribution in [0.4, 0.5) is 0 Å². The zero-order valence-electron chi connectivity index (χ0n) is 11.3. The number of pyridine rings is 1. The highest BCUT2D eigenvalue weighted by atomic mass is 15.3. The van der Waals surface area contributed by atoms with Crippen LogP contribution in [0.5, 0.6) is 0 Å². The number of hydrogen-bond donors (Lipinski definition) is 1. The van der Waals surface area contributed by atoms with Crippen molar-refractivity contribution < 1.29 is 0 Å². The van der Waals surface area contributed by atoms with Gasteiger partial charge in [0.05, 0.1) is 17.9 Å². The molecule has 1 aromatic carbocycles. The minimum atomic E-state index is -0.208. The maximum Gasteiger partial charge on any atom is 0.0645 e. The van der Waals surface area contributed by atoms with E-state index in [4.69, 9.17) is 5.73 Å². The lowest BCUT2D eigenvalue weighted by molar-refractivity contribution is 0.854. The molecule has 4 nitrogen and oxygen atoms in total. The largest absolute Gasteiger partial charge is 0.320 e. The van der Waals surface area contributed by atoms with E-state index >= 15 is 0 Å². The Labute approximate surface area is 117 Å². The molecule has 0 aliphatic rings. The molecule has 0 fully saturated rings. The first-order chi connectivity index (χ1) is 9.74. The first-order valence-corrected chi connectivity index (χ1v) is 6.51. The van der Waals surface area contributed by atoms with Gasteiger partial charge in [-0.3, -0.25) is 4.98 Å². The van der Waals surface area contributed by atoms with Crippen LogP contribution in [0.1, 0.15) is 22.7 Å². The Balaban J connectivity index is 1.90. The molecule has 1 unspecified atom stereocenters. The Kier molecular flexibility index (Phi) is 3.31. The first-order valence-electron chi connectivity index (χ1n) is 6.51. The Bertz CT molecular complexity index is 703. The lowest BCUT2D eigenvalue weighted by Gasteiger charge is -2.09. The average molecular weight is 264 g/mol. The van der Waals surface area contributed by atoms with E-state index in [2.05, 4.69) is 16.1 Å². The zero-order valence-corrected chi connectivity index (χ0v) is 11.3. The van der Waals surface area contributed by atoms with Crippen molar-refractivity contribution in [2.24, 2.45) is 5.73 Å². The predicted octanol–water partition coefficient (Wildman–Crippen LogP) is 2.62. The van der Waals surface area contributed by atoms with Gasteiger partial charge >= 0.3 is 0 Å². The van der Waals surface area contributed by atoms with Gasteiger partial charge < -0.3 is 5.73 Å². The highest BCUT2D eigenvalue weighted by Crippen LogP contribution is 2.20. The van der Waals surface area contributed by atoms with E-state index < -0.39 is 0 Å². The van der Waals surface area contributed by atoms with E-state index in [1.54, 1.807) is 12.4 Å². The fourth-order valence-corrected chi connectivity index (χ4v) is 2.16. The molecule has 0 radical (unpaired) electrons. The molecular weight excluding hydrogens is 248 g/mol. The lowest BCUT2D eigenvalue weighted by atomic mass is 10.0. The molecule has 0 spiro atoms. The van der Waals surface area contributed by atoms with Crippen LogP contribution in [0.3, 0.4) is 0 Å². The minimum absolute atomic E-state index is 0.208. The third kappa shape index (κ3) is 2.46. The number of hydrogen-bond acceptors (Lipinski definition) is 3. The van der Waals surface area contributed by atoms with E-state index in [-0.39, 0.29) is 6.04 Å². The Hall–Kier alpha value is -2.46. The third-order valence-corrected chi connectivity index (χ3v) is 3.24. The van der Waals surface area contributed by atoms with Crippen molar-refractivity contribution in [3.63, 3.8) is 0 Å². The summed E-state index contributed by atoms with van der Waals surface area (Å²) in [6, 6.07) is 11.8. The summed E-state index contributed by atoms with van der Waals surface area (Å²) in [6.07, 6.45) is 7.39. The summed E-state index contributed by atoms with van der Waals surface area (Å²) in [5.41, 5.74) is 10.4. The zero-order chi connectivity index (χ0) is 13.9. The number of nitrogens with two attached hydrogens (primary N) is 1. The van der Waals surface area contributed by atoms with Crippen molar-refractivity contribution in [3.8, 4) is 5.69 Å². The quantitative estimate of drug-likeness (QED) is 0.791. The van der Waals surface area contributed by atoms with Gasteiger partial charge in [-0.25, -0.2) is 4.68 Å². The number of aryl methyl sites for hydroxylation is 1. The Morgan fingerprint density at radius 2 is 1.85 bits per heavy atom. The molecule has 100 valence electrons. The summed E-state index contributed by atoms with van der Waals surface area (Å²) in [4.78, 5) is 4.19. The Morgan fingerprint density at radius 3 is 2.60 bits per heavy atom. The molecule has 1 atom stereocenters. The van der Waals surface area contributed by atoms with Crippen molar-refractivity contribution in [1.82, 2.24) is 14.8 Å². The Morgan fingerprint density at radius 1 is 1.05 bits per heavy atom. The molecule has 0 bridgehead atoms. The SMILES string of the molecule is Cc1cncc(C(N)c2cnn(-c3ccccc3)c2)c1. The first kappa shape index (κ1) is 12.6. The second-order valence-corrected chi connectivity index (χ2v) is 4.83. The van der Waals surface area contributed by atoms with Crippen LogP contribution < -0.4 is 5.73 Å². The van der Waals surface area contributed by atoms with Crippen LogP contribution in [0, 0.1) is 6.92 Å². The van der Waals surface area contributed by atoms with Crippen molar-refractivity contribution in [3.05, 3.63) is 77.9 Å². The summed E-state index contributed by atoms with van der Waals surface area (Å²) in [5, 5.41) is 4.37. The van der Waals surface area contributed by atoms with Crippen molar-refractivity contribution in [1.29, 1.82) is 0 Å². The normalized spacial score (nSPS) is 12.3. The molecule has 0 saturated carbocycles. The van der Waals surface area contributed by atoms with Crippen LogP contribution in [0.25, 0.3) is 5.69 Å². The molecule has 20 heavy (non-hydrogen) atoms. The van der Waals surface area contributed by atoms with Gasteiger partial charge in [0.2, 0.25) is 0 Å². The highest BCUT2D eigenvalue weighted by Gasteiger charge is 2.12. The molecule has 0 aliphatic heterocycles. The van der Waals surface area contributed by atoms with E-state index in [0.29, 0.717) is 0 Å². The predicted molar refractivity (Wildman–Crippen MR) is 78.6 cm³/mol. The number of nitrogens with zero attached hydrogens (tertiary/aromatic N) is 3. The van der Waals surface area contributed by atoms with Crippen molar-refractivity contribution in [2.75, 3.05) is 0 Å². The highest BCUT2D eigenvalue weighted by molar-refractivity contribution is 5.34. The smallest absolute Gasteiger partial charge is 0.0645 e. The number of aromatic nitrogens is 3. The number of benzene rings is 1. The molecule has 0 amide bonds. The van der Waals surface area contributed by atoms with E-state index in [1.807, 2.05) is 54.3 Å². The summed E-state index contributed by atoms with van der Waals surface area (Å²) in [6.45, 7) is 2.01. The van der Waals surface area contributed by atoms with Gasteiger partial charge in [0.1, 0.15) is 0 Å². The monoisotopic (exact) mass is 264 g/mol. The van der Waals surface area contributed by atoms with Gasteiger partial charge in [0.15, 0.2) is 0 Å². The van der Waals surface area contributed by atoms with Gasteiger partial charge in [0.25, 0.3) is 0 Å². The van der Waals surface area contributed by atoms with Crippen LogP contribution in [0.15, 0.2) is 61.2 Å². The molecule has 3 rings (SSSR count). The fourth-order valence-electron chi connectivity index (χ4n) is 2.16. The van der Waals surface area contributed by atoms with Crippen LogP contribution in [0.2, 0.25) is 0 Å². The molecule has 4 heteroatoms. The van der Waals surface area contributed by atoms with Crippen molar-refractivity contribution in [2.45, 2.75) is 13.0 Å². The summed E-state index contributed by atoms with van der Waals surface area (Å²) < 4.78 is 1.83. The maximum atomic E-state index is 6.28. The van der Waals surface area contributed by atoms with E-state index in [1.165, 1.54) is 0 Å². The molecule has 3 aromatic rings. The van der Waals surface area contributed by atoms with Gasteiger partial charge in [0, 0.05) is 24.2 Å². The number of para-hydroxylation sites is 1.